The van der Waals surface area contributed by atoms with Crippen molar-refractivity contribution in [2.75, 3.05) is 0 Å². The van der Waals surface area contributed by atoms with Gasteiger partial charge >= 0.3 is 0 Å². The van der Waals surface area contributed by atoms with Crippen molar-refractivity contribution < 1.29 is 14.4 Å². The van der Waals surface area contributed by atoms with Gasteiger partial charge in [0.15, 0.2) is 11.6 Å². The number of allylic oxidation sites excluding steroid dienone is 5. The molecule has 7 atom stereocenters. The van der Waals surface area contributed by atoms with Crippen molar-refractivity contribution in [2.45, 2.75) is 73.1 Å². The third kappa shape index (κ3) is 3.43. The quantitative estimate of drug-likeness (QED) is 0.519. The molecule has 0 spiro atoms. The molecule has 0 saturated heterocycles. The molecule has 4 rings (SSSR count). The summed E-state index contributed by atoms with van der Waals surface area (Å²) < 4.78 is 0. The third-order valence-electron chi connectivity index (χ3n) is 9.58. The van der Waals surface area contributed by atoms with E-state index in [-0.39, 0.29) is 28.8 Å². The maximum absolute atomic E-state index is 13.7. The van der Waals surface area contributed by atoms with E-state index < -0.39 is 5.41 Å². The van der Waals surface area contributed by atoms with Crippen LogP contribution in [-0.4, -0.2) is 17.3 Å². The molecule has 0 aromatic carbocycles. The number of carbonyl (C=O) groups excluding carboxylic acids is 3. The topological polar surface area (TPSA) is 51.2 Å². The lowest BCUT2D eigenvalue weighted by Gasteiger charge is -2.55. The van der Waals surface area contributed by atoms with Crippen LogP contribution >= 0.6 is 0 Å². The molecule has 3 fully saturated rings. The molecule has 168 valence electrons. The number of Topliss-reactive ketones (excluding diaryl/α,β-unsaturated/α-hetero) is 2. The van der Waals surface area contributed by atoms with Gasteiger partial charge in [-0.15, -0.1) is 0 Å². The Morgan fingerprint density at radius 2 is 1.87 bits per heavy atom. The summed E-state index contributed by atoms with van der Waals surface area (Å²) >= 11 is 0. The summed E-state index contributed by atoms with van der Waals surface area (Å²) in [6, 6.07) is 0. The maximum atomic E-state index is 13.7. The number of ketones is 3. The maximum Gasteiger partial charge on any atom is 0.178 e. The van der Waals surface area contributed by atoms with E-state index in [0.717, 1.165) is 25.7 Å². The van der Waals surface area contributed by atoms with E-state index in [0.29, 0.717) is 47.9 Å². The minimum Gasteiger partial charge on any atom is -0.299 e. The van der Waals surface area contributed by atoms with E-state index in [1.165, 1.54) is 11.6 Å². The molecule has 0 aromatic rings. The molecule has 3 saturated carbocycles. The van der Waals surface area contributed by atoms with Gasteiger partial charge in [-0.2, -0.15) is 0 Å². The molecule has 0 amide bonds. The number of carbonyl (C=O) groups is 3. The van der Waals surface area contributed by atoms with Crippen LogP contribution in [0.25, 0.3) is 0 Å². The molecule has 3 nitrogen and oxygen atoms in total. The summed E-state index contributed by atoms with van der Waals surface area (Å²) in [7, 11) is 0. The lowest BCUT2D eigenvalue weighted by molar-refractivity contribution is -0.147. The van der Waals surface area contributed by atoms with Crippen LogP contribution in [0.4, 0.5) is 0 Å². The monoisotopic (exact) mass is 422 g/mol. The van der Waals surface area contributed by atoms with Crippen LogP contribution < -0.4 is 0 Å². The lowest BCUT2D eigenvalue weighted by atomic mass is 9.46. The summed E-state index contributed by atoms with van der Waals surface area (Å²) in [6.07, 6.45) is 10.4. The second-order valence-electron chi connectivity index (χ2n) is 11.6. The Hall–Kier alpha value is -1.77. The van der Waals surface area contributed by atoms with E-state index >= 15 is 0 Å². The predicted molar refractivity (Wildman–Crippen MR) is 123 cm³/mol. The molecule has 3 heteroatoms. The lowest BCUT2D eigenvalue weighted by Crippen LogP contribution is -2.56. The van der Waals surface area contributed by atoms with Crippen molar-refractivity contribution in [1.82, 2.24) is 0 Å². The van der Waals surface area contributed by atoms with Crippen LogP contribution in [-0.2, 0) is 14.4 Å². The van der Waals surface area contributed by atoms with Crippen LogP contribution in [0.2, 0.25) is 0 Å². The molecule has 0 unspecified atom stereocenters. The number of hydrogen-bond acceptors (Lipinski definition) is 3. The molecule has 31 heavy (non-hydrogen) atoms. The normalized spacial score (nSPS) is 40.3. The first-order valence-corrected chi connectivity index (χ1v) is 12.2. The molecule has 0 aromatic heterocycles. The SMILES string of the molecule is C=C(CC[C@@H](C)[C@H]1CC[C@H]2[C@@H]3CC(=O)C4=CC(=O)C=C[C@]4(C)[C@H]3C(=O)C[C@]12C)C(C)C. The minimum absolute atomic E-state index is 0.0249. The summed E-state index contributed by atoms with van der Waals surface area (Å²) in [5, 5.41) is 0. The zero-order valence-electron chi connectivity index (χ0n) is 19.9. The van der Waals surface area contributed by atoms with Gasteiger partial charge in [0.1, 0.15) is 5.78 Å². The first-order chi connectivity index (χ1) is 14.5. The average Bonchev–Trinajstić information content (AvgIpc) is 3.03. The Bertz CT molecular complexity index is 890. The molecule has 0 aliphatic heterocycles. The van der Waals surface area contributed by atoms with Crippen LogP contribution in [0.1, 0.15) is 73.1 Å². The standard InChI is InChI=1S/C28H38O3/c1-16(2)17(3)7-8-18(4)21-9-10-22-20-14-24(30)23-13-19(29)11-12-27(23,5)26(20)25(31)15-28(21,22)6/h11-13,16,18,20-22,26H,3,7-10,14-15H2,1-2,4-6H3/t18-,20+,21-,22+,26-,27+,28-/m1/s1. The molecule has 4 aliphatic carbocycles. The van der Waals surface area contributed by atoms with Crippen molar-refractivity contribution in [2.24, 2.45) is 46.3 Å². The van der Waals surface area contributed by atoms with E-state index in [4.69, 9.17) is 0 Å². The van der Waals surface area contributed by atoms with Gasteiger partial charge in [0, 0.05) is 29.7 Å². The molecular formula is C28H38O3. The van der Waals surface area contributed by atoms with Crippen molar-refractivity contribution in [3.8, 4) is 0 Å². The molecule has 0 bridgehead atoms. The van der Waals surface area contributed by atoms with E-state index in [1.54, 1.807) is 6.08 Å². The molecular weight excluding hydrogens is 384 g/mol. The van der Waals surface area contributed by atoms with Crippen molar-refractivity contribution in [3.63, 3.8) is 0 Å². The number of rotatable bonds is 5. The highest BCUT2D eigenvalue weighted by molar-refractivity contribution is 6.11. The predicted octanol–water partition coefficient (Wildman–Crippen LogP) is 5.90. The Kier molecular flexibility index (Phi) is 5.55. The van der Waals surface area contributed by atoms with Gasteiger partial charge in [-0.1, -0.05) is 52.8 Å². The minimum atomic E-state index is -0.620. The van der Waals surface area contributed by atoms with Crippen LogP contribution in [0.15, 0.2) is 36.0 Å². The fraction of sp³-hybridized carbons (Fsp3) is 0.679. The highest BCUT2D eigenvalue weighted by Crippen LogP contribution is 2.65. The van der Waals surface area contributed by atoms with Crippen LogP contribution in [0.3, 0.4) is 0 Å². The third-order valence-corrected chi connectivity index (χ3v) is 9.58. The fourth-order valence-electron chi connectivity index (χ4n) is 7.76. The summed E-state index contributed by atoms with van der Waals surface area (Å²) in [5.41, 5.74) is 1.23. The average molecular weight is 423 g/mol. The van der Waals surface area contributed by atoms with Gasteiger partial charge in [0.25, 0.3) is 0 Å². The number of fused-ring (bicyclic) bond motifs is 5. The highest BCUT2D eigenvalue weighted by Gasteiger charge is 2.63. The van der Waals surface area contributed by atoms with Gasteiger partial charge in [-0.3, -0.25) is 14.4 Å². The van der Waals surface area contributed by atoms with Gasteiger partial charge in [0.2, 0.25) is 0 Å². The first-order valence-electron chi connectivity index (χ1n) is 12.2. The van der Waals surface area contributed by atoms with Crippen molar-refractivity contribution >= 4 is 17.3 Å². The Morgan fingerprint density at radius 3 is 2.55 bits per heavy atom. The summed E-state index contributed by atoms with van der Waals surface area (Å²) in [4.78, 5) is 38.7. The Balaban J connectivity index is 1.60. The molecule has 4 aliphatic rings. The van der Waals surface area contributed by atoms with E-state index in [2.05, 4.69) is 34.3 Å². The van der Waals surface area contributed by atoms with E-state index in [1.807, 2.05) is 13.0 Å². The Morgan fingerprint density at radius 1 is 1.16 bits per heavy atom. The summed E-state index contributed by atoms with van der Waals surface area (Å²) in [5.74, 6) is 2.16. The second kappa shape index (κ2) is 7.67. The largest absolute Gasteiger partial charge is 0.299 e. The van der Waals surface area contributed by atoms with Gasteiger partial charge in [-0.05, 0) is 72.8 Å². The van der Waals surface area contributed by atoms with Crippen molar-refractivity contribution in [3.05, 3.63) is 36.0 Å². The molecule has 0 radical (unpaired) electrons. The fourth-order valence-corrected chi connectivity index (χ4v) is 7.76. The van der Waals surface area contributed by atoms with Crippen LogP contribution in [0, 0.1) is 46.3 Å². The smallest absolute Gasteiger partial charge is 0.178 e. The molecule has 0 heterocycles. The van der Waals surface area contributed by atoms with Crippen molar-refractivity contribution in [1.29, 1.82) is 0 Å². The second-order valence-corrected chi connectivity index (χ2v) is 11.6. The van der Waals surface area contributed by atoms with Gasteiger partial charge in [-0.25, -0.2) is 0 Å². The summed E-state index contributed by atoms with van der Waals surface area (Å²) in [6.45, 7) is 15.3. The first kappa shape index (κ1) is 22.4. The zero-order valence-corrected chi connectivity index (χ0v) is 19.9. The van der Waals surface area contributed by atoms with Gasteiger partial charge < -0.3 is 0 Å². The zero-order chi connectivity index (χ0) is 22.7. The van der Waals surface area contributed by atoms with Crippen LogP contribution in [0.5, 0.6) is 0 Å². The van der Waals surface area contributed by atoms with Gasteiger partial charge in [0.05, 0.1) is 0 Å². The number of hydrogen-bond donors (Lipinski definition) is 0. The highest BCUT2D eigenvalue weighted by atomic mass is 16.1. The Labute approximate surface area is 187 Å². The molecule has 0 N–H and O–H groups in total. The van der Waals surface area contributed by atoms with E-state index in [9.17, 15) is 14.4 Å².